The molecule has 2 aliphatic heterocycles. The van der Waals surface area contributed by atoms with Crippen molar-refractivity contribution in [3.05, 3.63) is 33.2 Å². The number of piperidine rings is 2. The SMILES string of the molecule is C[C@H]1CCCN(C(=O)C2CCN(Cn3c(=O)oc4cc(Br)ccc43)CC2)C1. The monoisotopic (exact) mass is 435 g/mol. The number of rotatable bonds is 3. The van der Waals surface area contributed by atoms with E-state index in [-0.39, 0.29) is 11.7 Å². The van der Waals surface area contributed by atoms with Gasteiger partial charge in [0, 0.05) is 36.6 Å². The second-order valence-electron chi connectivity index (χ2n) is 7.97. The van der Waals surface area contributed by atoms with Crippen LogP contribution < -0.4 is 5.76 Å². The maximum Gasteiger partial charge on any atom is 0.421 e. The largest absolute Gasteiger partial charge is 0.421 e. The van der Waals surface area contributed by atoms with Gasteiger partial charge in [-0.25, -0.2) is 4.79 Å². The molecular formula is C20H26BrN3O3. The van der Waals surface area contributed by atoms with Crippen molar-refractivity contribution in [1.82, 2.24) is 14.4 Å². The summed E-state index contributed by atoms with van der Waals surface area (Å²) in [6.07, 6.45) is 4.07. The van der Waals surface area contributed by atoms with Crippen LogP contribution in [0.4, 0.5) is 0 Å². The molecule has 4 rings (SSSR count). The molecule has 0 radical (unpaired) electrons. The molecule has 27 heavy (non-hydrogen) atoms. The molecule has 146 valence electrons. The molecule has 2 aromatic rings. The van der Waals surface area contributed by atoms with Gasteiger partial charge in [-0.05, 0) is 49.8 Å². The number of oxazole rings is 1. The number of amides is 1. The predicted octanol–water partition coefficient (Wildman–Crippen LogP) is 3.29. The Hall–Kier alpha value is -1.60. The summed E-state index contributed by atoms with van der Waals surface area (Å²) in [5.41, 5.74) is 1.40. The third-order valence-corrected chi connectivity index (χ3v) is 6.37. The van der Waals surface area contributed by atoms with Gasteiger partial charge in [-0.3, -0.25) is 14.3 Å². The van der Waals surface area contributed by atoms with Crippen LogP contribution in [0.5, 0.6) is 0 Å². The summed E-state index contributed by atoms with van der Waals surface area (Å²) in [7, 11) is 0. The Morgan fingerprint density at radius 3 is 2.74 bits per heavy atom. The maximum atomic E-state index is 12.8. The Bertz CT molecular complexity index is 882. The van der Waals surface area contributed by atoms with Gasteiger partial charge in [-0.2, -0.15) is 0 Å². The summed E-state index contributed by atoms with van der Waals surface area (Å²) < 4.78 is 7.93. The Morgan fingerprint density at radius 2 is 2.00 bits per heavy atom. The highest BCUT2D eigenvalue weighted by atomic mass is 79.9. The van der Waals surface area contributed by atoms with Gasteiger partial charge >= 0.3 is 5.76 Å². The van der Waals surface area contributed by atoms with Crippen LogP contribution in [0.1, 0.15) is 32.6 Å². The Labute approximate surface area is 167 Å². The average Bonchev–Trinajstić information content (AvgIpc) is 2.96. The highest BCUT2D eigenvalue weighted by molar-refractivity contribution is 9.10. The minimum absolute atomic E-state index is 0.125. The molecule has 1 aromatic heterocycles. The quantitative estimate of drug-likeness (QED) is 0.741. The lowest BCUT2D eigenvalue weighted by Gasteiger charge is -2.37. The molecule has 2 saturated heterocycles. The number of hydrogen-bond donors (Lipinski definition) is 0. The molecule has 7 heteroatoms. The first-order valence-corrected chi connectivity index (χ1v) is 10.6. The lowest BCUT2D eigenvalue weighted by molar-refractivity contribution is -0.139. The van der Waals surface area contributed by atoms with Crippen molar-refractivity contribution in [3.8, 4) is 0 Å². The second-order valence-corrected chi connectivity index (χ2v) is 8.89. The van der Waals surface area contributed by atoms with Crippen LogP contribution in [0.25, 0.3) is 11.1 Å². The van der Waals surface area contributed by atoms with Crippen LogP contribution in [-0.4, -0.2) is 46.5 Å². The standard InChI is InChI=1S/C20H26BrN3O3/c1-14-3-2-8-23(12-14)19(25)15-6-9-22(10-7-15)13-24-17-5-4-16(21)11-18(17)27-20(24)26/h4-5,11,14-15H,2-3,6-10,12-13H2,1H3/t14-/m0/s1. The molecule has 0 N–H and O–H groups in total. The van der Waals surface area contributed by atoms with Gasteiger partial charge in [0.1, 0.15) is 0 Å². The van der Waals surface area contributed by atoms with E-state index in [9.17, 15) is 9.59 Å². The average molecular weight is 436 g/mol. The van der Waals surface area contributed by atoms with E-state index < -0.39 is 0 Å². The predicted molar refractivity (Wildman–Crippen MR) is 107 cm³/mol. The van der Waals surface area contributed by atoms with E-state index in [4.69, 9.17) is 4.42 Å². The first-order valence-electron chi connectivity index (χ1n) is 9.81. The number of benzene rings is 1. The van der Waals surface area contributed by atoms with Crippen LogP contribution in [0.15, 0.2) is 31.9 Å². The van der Waals surface area contributed by atoms with Gasteiger partial charge in [-0.15, -0.1) is 0 Å². The number of likely N-dealkylation sites (tertiary alicyclic amines) is 2. The van der Waals surface area contributed by atoms with E-state index in [0.717, 1.165) is 55.4 Å². The van der Waals surface area contributed by atoms with Gasteiger partial charge in [0.05, 0.1) is 12.2 Å². The molecule has 1 aromatic carbocycles. The van der Waals surface area contributed by atoms with E-state index in [0.29, 0.717) is 24.1 Å². The van der Waals surface area contributed by atoms with E-state index in [1.165, 1.54) is 6.42 Å². The minimum atomic E-state index is -0.330. The Balaban J connectivity index is 1.38. The lowest BCUT2D eigenvalue weighted by Crippen LogP contribution is -2.46. The van der Waals surface area contributed by atoms with Crippen molar-refractivity contribution in [2.45, 2.75) is 39.3 Å². The maximum absolute atomic E-state index is 12.8. The lowest BCUT2D eigenvalue weighted by atomic mass is 9.93. The van der Waals surface area contributed by atoms with Gasteiger partial charge in [0.25, 0.3) is 0 Å². The fraction of sp³-hybridized carbons (Fsp3) is 0.600. The van der Waals surface area contributed by atoms with E-state index in [2.05, 4.69) is 32.7 Å². The van der Waals surface area contributed by atoms with Crippen LogP contribution in [-0.2, 0) is 11.5 Å². The summed E-state index contributed by atoms with van der Waals surface area (Å²) in [5, 5.41) is 0. The van der Waals surface area contributed by atoms with Crippen molar-refractivity contribution in [2.75, 3.05) is 26.2 Å². The summed E-state index contributed by atoms with van der Waals surface area (Å²) in [4.78, 5) is 29.3. The first-order chi connectivity index (χ1) is 13.0. The molecular weight excluding hydrogens is 410 g/mol. The molecule has 0 bridgehead atoms. The van der Waals surface area contributed by atoms with Gasteiger partial charge < -0.3 is 9.32 Å². The van der Waals surface area contributed by atoms with Gasteiger partial charge in [0.15, 0.2) is 5.58 Å². The van der Waals surface area contributed by atoms with Gasteiger partial charge in [-0.1, -0.05) is 22.9 Å². The van der Waals surface area contributed by atoms with E-state index in [1.54, 1.807) is 4.57 Å². The van der Waals surface area contributed by atoms with Crippen LogP contribution in [0.3, 0.4) is 0 Å². The normalized spacial score (nSPS) is 22.4. The molecule has 0 spiro atoms. The topological polar surface area (TPSA) is 58.7 Å². The summed E-state index contributed by atoms with van der Waals surface area (Å²) in [6, 6.07) is 5.63. The molecule has 6 nitrogen and oxygen atoms in total. The third-order valence-electron chi connectivity index (χ3n) is 5.88. The summed E-state index contributed by atoms with van der Waals surface area (Å²) in [6.45, 7) is 6.22. The zero-order valence-corrected chi connectivity index (χ0v) is 17.3. The second kappa shape index (κ2) is 7.80. The van der Waals surface area contributed by atoms with Gasteiger partial charge in [0.2, 0.25) is 5.91 Å². The van der Waals surface area contributed by atoms with Crippen molar-refractivity contribution >= 4 is 32.9 Å². The first kappa shape index (κ1) is 18.7. The fourth-order valence-electron chi connectivity index (χ4n) is 4.34. The van der Waals surface area contributed by atoms with Crippen molar-refractivity contribution in [1.29, 1.82) is 0 Å². The zero-order chi connectivity index (χ0) is 19.0. The summed E-state index contributed by atoms with van der Waals surface area (Å²) in [5.74, 6) is 0.741. The number of halogens is 1. The number of hydrogen-bond acceptors (Lipinski definition) is 4. The molecule has 0 saturated carbocycles. The molecule has 2 fully saturated rings. The molecule has 3 heterocycles. The zero-order valence-electron chi connectivity index (χ0n) is 15.7. The highest BCUT2D eigenvalue weighted by Gasteiger charge is 2.30. The number of nitrogens with zero attached hydrogens (tertiary/aromatic N) is 3. The van der Waals surface area contributed by atoms with E-state index >= 15 is 0 Å². The third kappa shape index (κ3) is 3.99. The summed E-state index contributed by atoms with van der Waals surface area (Å²) >= 11 is 3.40. The van der Waals surface area contributed by atoms with Crippen molar-refractivity contribution in [3.63, 3.8) is 0 Å². The fourth-order valence-corrected chi connectivity index (χ4v) is 4.68. The van der Waals surface area contributed by atoms with Crippen molar-refractivity contribution in [2.24, 2.45) is 11.8 Å². The molecule has 0 unspecified atom stereocenters. The van der Waals surface area contributed by atoms with E-state index in [1.807, 2.05) is 18.2 Å². The molecule has 0 aliphatic carbocycles. The number of fused-ring (bicyclic) bond motifs is 1. The number of carbonyl (C=O) groups is 1. The molecule has 1 amide bonds. The van der Waals surface area contributed by atoms with Crippen LogP contribution in [0, 0.1) is 11.8 Å². The van der Waals surface area contributed by atoms with Crippen LogP contribution in [0.2, 0.25) is 0 Å². The smallest absolute Gasteiger partial charge is 0.408 e. The molecule has 2 aliphatic rings. The number of aromatic nitrogens is 1. The Kier molecular flexibility index (Phi) is 5.41. The molecule has 1 atom stereocenters. The van der Waals surface area contributed by atoms with Crippen LogP contribution >= 0.6 is 15.9 Å². The highest BCUT2D eigenvalue weighted by Crippen LogP contribution is 2.25. The van der Waals surface area contributed by atoms with Crippen molar-refractivity contribution < 1.29 is 9.21 Å². The Morgan fingerprint density at radius 1 is 1.22 bits per heavy atom. The minimum Gasteiger partial charge on any atom is -0.408 e. The number of carbonyl (C=O) groups excluding carboxylic acids is 1.